The van der Waals surface area contributed by atoms with Crippen LogP contribution in [0.3, 0.4) is 0 Å². The maximum absolute atomic E-state index is 12.8. The van der Waals surface area contributed by atoms with Crippen molar-refractivity contribution in [1.82, 2.24) is 29.7 Å². The van der Waals surface area contributed by atoms with Gasteiger partial charge in [0.1, 0.15) is 0 Å². The summed E-state index contributed by atoms with van der Waals surface area (Å²) in [6.45, 7) is 9.07. The van der Waals surface area contributed by atoms with Crippen LogP contribution in [0.4, 0.5) is 0 Å². The van der Waals surface area contributed by atoms with Crippen molar-refractivity contribution in [3.8, 4) is 5.82 Å². The molecule has 0 aromatic carbocycles. The highest BCUT2D eigenvalue weighted by molar-refractivity contribution is 5.93. The number of hydrogen-bond donors (Lipinski definition) is 0. The number of hydrogen-bond acceptors (Lipinski definition) is 4. The largest absolute Gasteiger partial charge is 0.334 e. The van der Waals surface area contributed by atoms with Crippen molar-refractivity contribution in [2.24, 2.45) is 12.5 Å². The number of aryl methyl sites for hydroxylation is 1. The smallest absolute Gasteiger partial charge is 0.276 e. The van der Waals surface area contributed by atoms with Crippen LogP contribution in [0, 0.1) is 12.3 Å². The summed E-state index contributed by atoms with van der Waals surface area (Å²) < 4.78 is 3.31. The van der Waals surface area contributed by atoms with Gasteiger partial charge in [-0.3, -0.25) is 9.48 Å². The van der Waals surface area contributed by atoms with E-state index in [0.717, 1.165) is 18.7 Å². The lowest BCUT2D eigenvalue weighted by atomic mass is 9.91. The van der Waals surface area contributed by atoms with E-state index in [1.807, 2.05) is 31.1 Å². The van der Waals surface area contributed by atoms with Crippen molar-refractivity contribution in [2.75, 3.05) is 6.54 Å². The summed E-state index contributed by atoms with van der Waals surface area (Å²) in [7, 11) is 1.84. The Morgan fingerprint density at radius 2 is 2.14 bits per heavy atom. The second-order valence-electron chi connectivity index (χ2n) is 6.93. The zero-order chi connectivity index (χ0) is 16.1. The van der Waals surface area contributed by atoms with Crippen molar-refractivity contribution < 1.29 is 4.79 Å². The van der Waals surface area contributed by atoms with Gasteiger partial charge < -0.3 is 4.90 Å². The molecule has 2 aromatic rings. The molecule has 3 heterocycles. The summed E-state index contributed by atoms with van der Waals surface area (Å²) in [4.78, 5) is 14.7. The molecule has 0 N–H and O–H groups in total. The zero-order valence-electron chi connectivity index (χ0n) is 13.7. The van der Waals surface area contributed by atoms with Gasteiger partial charge in [0.25, 0.3) is 5.91 Å². The third kappa shape index (κ3) is 2.40. The van der Waals surface area contributed by atoms with Crippen LogP contribution in [-0.2, 0) is 7.05 Å². The van der Waals surface area contributed by atoms with E-state index >= 15 is 0 Å². The minimum Gasteiger partial charge on any atom is -0.334 e. The molecular formula is C15H22N6O. The molecule has 3 rings (SSSR count). The Balaban J connectivity index is 1.90. The molecular weight excluding hydrogens is 280 g/mol. The van der Waals surface area contributed by atoms with Gasteiger partial charge in [-0.25, -0.2) is 0 Å². The van der Waals surface area contributed by atoms with Gasteiger partial charge >= 0.3 is 0 Å². The predicted octanol–water partition coefficient (Wildman–Crippen LogP) is 1.57. The molecule has 22 heavy (non-hydrogen) atoms. The van der Waals surface area contributed by atoms with Gasteiger partial charge in [-0.1, -0.05) is 19.1 Å². The van der Waals surface area contributed by atoms with Crippen molar-refractivity contribution in [2.45, 2.75) is 40.2 Å². The molecule has 2 aromatic heterocycles. The highest BCUT2D eigenvalue weighted by Crippen LogP contribution is 2.34. The maximum atomic E-state index is 12.8. The van der Waals surface area contributed by atoms with Gasteiger partial charge in [0, 0.05) is 31.9 Å². The van der Waals surface area contributed by atoms with Gasteiger partial charge in [0.05, 0.1) is 5.69 Å². The molecule has 0 saturated carbocycles. The van der Waals surface area contributed by atoms with E-state index in [1.165, 1.54) is 0 Å². The van der Waals surface area contributed by atoms with E-state index in [9.17, 15) is 4.79 Å². The Morgan fingerprint density at radius 1 is 1.41 bits per heavy atom. The Morgan fingerprint density at radius 3 is 2.68 bits per heavy atom. The van der Waals surface area contributed by atoms with E-state index in [1.54, 1.807) is 9.36 Å². The zero-order valence-corrected chi connectivity index (χ0v) is 13.7. The van der Waals surface area contributed by atoms with Crippen LogP contribution in [0.2, 0.25) is 0 Å². The molecule has 1 amide bonds. The maximum Gasteiger partial charge on any atom is 0.276 e. The number of carbonyl (C=O) groups excluding carboxylic acids is 1. The highest BCUT2D eigenvalue weighted by atomic mass is 16.2. The molecule has 0 aliphatic carbocycles. The quantitative estimate of drug-likeness (QED) is 0.844. The summed E-state index contributed by atoms with van der Waals surface area (Å²) in [5, 5.41) is 12.5. The average molecular weight is 302 g/mol. The first-order chi connectivity index (χ1) is 10.3. The second-order valence-corrected chi connectivity index (χ2v) is 6.93. The molecule has 1 atom stereocenters. The van der Waals surface area contributed by atoms with Crippen LogP contribution in [0.25, 0.3) is 5.82 Å². The first-order valence-electron chi connectivity index (χ1n) is 7.52. The molecule has 7 nitrogen and oxygen atoms in total. The SMILES string of the molecule is Cc1c(C(=O)N2CC(C)(C)CC2C)nnn1-c1ccn(C)n1. The summed E-state index contributed by atoms with van der Waals surface area (Å²) in [6.07, 6.45) is 2.84. The fourth-order valence-electron chi connectivity index (χ4n) is 3.26. The van der Waals surface area contributed by atoms with E-state index in [0.29, 0.717) is 11.5 Å². The van der Waals surface area contributed by atoms with Gasteiger partial charge in [0.2, 0.25) is 0 Å². The topological polar surface area (TPSA) is 68.8 Å². The van der Waals surface area contributed by atoms with E-state index in [4.69, 9.17) is 0 Å². The third-order valence-corrected chi connectivity index (χ3v) is 4.25. The molecule has 0 radical (unpaired) electrons. The third-order valence-electron chi connectivity index (χ3n) is 4.25. The lowest BCUT2D eigenvalue weighted by molar-refractivity contribution is 0.0729. The monoisotopic (exact) mass is 302 g/mol. The fraction of sp³-hybridized carbons (Fsp3) is 0.600. The molecule has 0 bridgehead atoms. The number of amides is 1. The van der Waals surface area contributed by atoms with Gasteiger partial charge in [0.15, 0.2) is 11.5 Å². The van der Waals surface area contributed by atoms with E-state index < -0.39 is 0 Å². The number of aromatic nitrogens is 5. The summed E-state index contributed by atoms with van der Waals surface area (Å²) in [5.41, 5.74) is 1.29. The Hall–Kier alpha value is -2.18. The lowest BCUT2D eigenvalue weighted by Crippen LogP contribution is -2.35. The molecule has 1 aliphatic rings. The fourth-order valence-corrected chi connectivity index (χ4v) is 3.26. The standard InChI is InChI=1S/C15H22N6O/c1-10-8-15(3,4)9-20(10)14(22)13-11(2)21(18-16-13)12-6-7-19(5)17-12/h6-7,10H,8-9H2,1-5H3. The van der Waals surface area contributed by atoms with E-state index in [-0.39, 0.29) is 17.4 Å². The minimum absolute atomic E-state index is 0.0437. The molecule has 118 valence electrons. The Labute approximate surface area is 129 Å². The van der Waals surface area contributed by atoms with Crippen molar-refractivity contribution in [1.29, 1.82) is 0 Å². The molecule has 0 spiro atoms. The van der Waals surface area contributed by atoms with Crippen molar-refractivity contribution in [3.05, 3.63) is 23.7 Å². The van der Waals surface area contributed by atoms with Crippen LogP contribution in [-0.4, -0.2) is 48.2 Å². The Bertz CT molecular complexity index is 713. The van der Waals surface area contributed by atoms with Crippen molar-refractivity contribution in [3.63, 3.8) is 0 Å². The summed E-state index contributed by atoms with van der Waals surface area (Å²) >= 11 is 0. The predicted molar refractivity (Wildman–Crippen MR) is 81.8 cm³/mol. The van der Waals surface area contributed by atoms with Crippen molar-refractivity contribution >= 4 is 5.91 Å². The molecule has 1 unspecified atom stereocenters. The summed E-state index contributed by atoms with van der Waals surface area (Å²) in [5.74, 6) is 0.624. The number of rotatable bonds is 2. The first kappa shape index (κ1) is 14.7. The number of carbonyl (C=O) groups is 1. The highest BCUT2D eigenvalue weighted by Gasteiger charge is 2.39. The number of likely N-dealkylation sites (tertiary alicyclic amines) is 1. The first-order valence-corrected chi connectivity index (χ1v) is 7.52. The average Bonchev–Trinajstić information content (AvgIpc) is 3.07. The van der Waals surface area contributed by atoms with Gasteiger partial charge in [-0.15, -0.1) is 5.10 Å². The molecule has 1 fully saturated rings. The van der Waals surface area contributed by atoms with Crippen LogP contribution < -0.4 is 0 Å². The lowest BCUT2D eigenvalue weighted by Gasteiger charge is -2.21. The number of nitrogens with zero attached hydrogens (tertiary/aromatic N) is 6. The molecule has 1 saturated heterocycles. The van der Waals surface area contributed by atoms with Gasteiger partial charge in [-0.2, -0.15) is 9.78 Å². The van der Waals surface area contributed by atoms with Crippen LogP contribution in [0.1, 0.15) is 43.4 Å². The molecule has 7 heteroatoms. The molecule has 1 aliphatic heterocycles. The minimum atomic E-state index is -0.0437. The van der Waals surface area contributed by atoms with Gasteiger partial charge in [-0.05, 0) is 25.7 Å². The van der Waals surface area contributed by atoms with Crippen LogP contribution in [0.15, 0.2) is 12.3 Å². The second kappa shape index (κ2) is 4.93. The Kier molecular flexibility index (Phi) is 3.30. The van der Waals surface area contributed by atoms with E-state index in [2.05, 4.69) is 36.2 Å². The summed E-state index contributed by atoms with van der Waals surface area (Å²) in [6, 6.07) is 2.07. The van der Waals surface area contributed by atoms with Crippen LogP contribution in [0.5, 0.6) is 0 Å². The van der Waals surface area contributed by atoms with Crippen LogP contribution >= 0.6 is 0 Å². The normalized spacial score (nSPS) is 20.6.